The number of nitrogens with zero attached hydrogens (tertiary/aromatic N) is 2. The highest BCUT2D eigenvalue weighted by atomic mass is 32.2. The van der Waals surface area contributed by atoms with Crippen molar-refractivity contribution in [3.8, 4) is 0 Å². The number of anilines is 1. The van der Waals surface area contributed by atoms with Crippen LogP contribution in [0.1, 0.15) is 65.4 Å². The minimum atomic E-state index is -1.98. The highest BCUT2D eigenvalue weighted by molar-refractivity contribution is 7.79. The summed E-state index contributed by atoms with van der Waals surface area (Å²) >= 11 is -1.98. The Kier molecular flexibility index (Phi) is 6.58. The van der Waals surface area contributed by atoms with Crippen LogP contribution in [-0.2, 0) is 11.1 Å². The Hall–Kier alpha value is -0.910. The fourth-order valence-corrected chi connectivity index (χ4v) is 6.12. The molecule has 2 unspecified atom stereocenters. The zero-order valence-corrected chi connectivity index (χ0v) is 19.1. The molecule has 5 heteroatoms. The molecular formula is C23H37N2O2S-. The number of hydrogen-bond acceptors (Lipinski definition) is 4. The van der Waals surface area contributed by atoms with Gasteiger partial charge in [-0.3, -0.25) is 9.11 Å². The lowest BCUT2D eigenvalue weighted by Crippen LogP contribution is -2.49. The normalized spacial score (nSPS) is 25.4. The number of hydrogen-bond donors (Lipinski definition) is 0. The summed E-state index contributed by atoms with van der Waals surface area (Å²) in [7, 11) is 0. The van der Waals surface area contributed by atoms with Crippen molar-refractivity contribution in [2.45, 2.75) is 65.0 Å². The summed E-state index contributed by atoms with van der Waals surface area (Å²) < 4.78 is 22.3. The lowest BCUT2D eigenvalue weighted by Gasteiger charge is -2.46. The van der Waals surface area contributed by atoms with Gasteiger partial charge >= 0.3 is 0 Å². The van der Waals surface area contributed by atoms with Crippen LogP contribution in [0.25, 0.3) is 0 Å². The van der Waals surface area contributed by atoms with Gasteiger partial charge in [0.1, 0.15) is 0 Å². The molecule has 1 aromatic carbocycles. The predicted molar refractivity (Wildman–Crippen MR) is 118 cm³/mol. The van der Waals surface area contributed by atoms with Gasteiger partial charge in [0.05, 0.1) is 0 Å². The van der Waals surface area contributed by atoms with E-state index >= 15 is 0 Å². The van der Waals surface area contributed by atoms with Gasteiger partial charge in [-0.05, 0) is 47.6 Å². The Morgan fingerprint density at radius 2 is 1.64 bits per heavy atom. The molecule has 0 aromatic heterocycles. The average Bonchev–Trinajstić information content (AvgIpc) is 2.59. The molecule has 2 fully saturated rings. The lowest BCUT2D eigenvalue weighted by atomic mass is 9.60. The maximum Gasteiger partial charge on any atom is 0.0402 e. The third-order valence-corrected chi connectivity index (χ3v) is 7.29. The van der Waals surface area contributed by atoms with E-state index in [1.165, 1.54) is 30.5 Å². The van der Waals surface area contributed by atoms with E-state index in [9.17, 15) is 8.76 Å². The van der Waals surface area contributed by atoms with E-state index in [0.29, 0.717) is 23.3 Å². The standard InChI is InChI=1S/C23H38N2O2S/c1-18(28(26)27)16-24-10-12-25(13-11-24)21-9-7-6-8-20(21)19-14-22(2,3)17-23(4,5)15-19/h6-9,18-19H,10-17H2,1-5H3,(H,26,27)/p-1. The second kappa shape index (κ2) is 8.45. The van der Waals surface area contributed by atoms with Crippen LogP contribution in [0.15, 0.2) is 24.3 Å². The van der Waals surface area contributed by atoms with Crippen molar-refractivity contribution in [2.24, 2.45) is 10.8 Å². The Bertz CT molecular complexity index is 680. The summed E-state index contributed by atoms with van der Waals surface area (Å²) in [4.78, 5) is 4.80. The number of para-hydroxylation sites is 1. The van der Waals surface area contributed by atoms with E-state index in [1.54, 1.807) is 6.92 Å². The van der Waals surface area contributed by atoms with Crippen molar-refractivity contribution >= 4 is 16.8 Å². The van der Waals surface area contributed by atoms with E-state index < -0.39 is 11.1 Å². The summed E-state index contributed by atoms with van der Waals surface area (Å²) in [6.45, 7) is 15.9. The summed E-state index contributed by atoms with van der Waals surface area (Å²) in [5.74, 6) is 0.607. The van der Waals surface area contributed by atoms with Gasteiger partial charge in [0.2, 0.25) is 0 Å². The van der Waals surface area contributed by atoms with Crippen molar-refractivity contribution in [1.82, 2.24) is 4.90 Å². The van der Waals surface area contributed by atoms with E-state index in [4.69, 9.17) is 0 Å². The largest absolute Gasteiger partial charge is 0.772 e. The lowest BCUT2D eigenvalue weighted by molar-refractivity contribution is 0.0970. The van der Waals surface area contributed by atoms with Gasteiger partial charge in [0.25, 0.3) is 0 Å². The van der Waals surface area contributed by atoms with E-state index in [0.717, 1.165) is 26.2 Å². The maximum atomic E-state index is 11.1. The molecule has 28 heavy (non-hydrogen) atoms. The molecule has 0 N–H and O–H groups in total. The molecule has 0 radical (unpaired) electrons. The van der Waals surface area contributed by atoms with Gasteiger partial charge in [-0.1, -0.05) is 63.9 Å². The molecule has 0 bridgehead atoms. The molecular weight excluding hydrogens is 368 g/mol. The molecule has 2 atom stereocenters. The van der Waals surface area contributed by atoms with Crippen molar-refractivity contribution in [1.29, 1.82) is 0 Å². The predicted octanol–water partition coefficient (Wildman–Crippen LogP) is 4.40. The van der Waals surface area contributed by atoms with Crippen molar-refractivity contribution in [2.75, 3.05) is 37.6 Å². The number of benzene rings is 1. The van der Waals surface area contributed by atoms with Gasteiger partial charge in [-0.25, -0.2) is 0 Å². The molecule has 0 spiro atoms. The van der Waals surface area contributed by atoms with Gasteiger partial charge < -0.3 is 9.45 Å². The van der Waals surface area contributed by atoms with Crippen LogP contribution in [0.2, 0.25) is 0 Å². The SMILES string of the molecule is CC(CN1CCN(c2ccccc2C2CC(C)(C)CC(C)(C)C2)CC1)S(=O)[O-]. The molecule has 1 aromatic rings. The smallest absolute Gasteiger partial charge is 0.0402 e. The van der Waals surface area contributed by atoms with Crippen LogP contribution < -0.4 is 4.90 Å². The molecule has 1 heterocycles. The molecule has 1 saturated heterocycles. The molecule has 1 saturated carbocycles. The number of piperazine rings is 1. The highest BCUT2D eigenvalue weighted by Gasteiger charge is 2.39. The van der Waals surface area contributed by atoms with Gasteiger partial charge in [-0.2, -0.15) is 0 Å². The Balaban J connectivity index is 1.72. The van der Waals surface area contributed by atoms with Gasteiger partial charge in [0, 0.05) is 43.7 Å². The van der Waals surface area contributed by atoms with Crippen molar-refractivity contribution < 1.29 is 8.76 Å². The number of rotatable bonds is 5. The first-order valence-corrected chi connectivity index (χ1v) is 11.8. The van der Waals surface area contributed by atoms with E-state index in [-0.39, 0.29) is 5.25 Å². The monoisotopic (exact) mass is 405 g/mol. The highest BCUT2D eigenvalue weighted by Crippen LogP contribution is 2.53. The minimum Gasteiger partial charge on any atom is -0.772 e. The van der Waals surface area contributed by atoms with Gasteiger partial charge in [0.15, 0.2) is 0 Å². The van der Waals surface area contributed by atoms with Crippen LogP contribution in [0.3, 0.4) is 0 Å². The van der Waals surface area contributed by atoms with E-state index in [1.807, 2.05) is 0 Å². The van der Waals surface area contributed by atoms with Crippen LogP contribution in [0, 0.1) is 10.8 Å². The summed E-state index contributed by atoms with van der Waals surface area (Å²) in [6.07, 6.45) is 3.79. The summed E-state index contributed by atoms with van der Waals surface area (Å²) in [5.41, 5.74) is 3.65. The zero-order valence-electron chi connectivity index (χ0n) is 18.2. The van der Waals surface area contributed by atoms with Crippen LogP contribution in [0.4, 0.5) is 5.69 Å². The quantitative estimate of drug-likeness (QED) is 0.682. The third kappa shape index (κ3) is 5.37. The summed E-state index contributed by atoms with van der Waals surface area (Å²) in [6, 6.07) is 8.98. The zero-order chi connectivity index (χ0) is 20.5. The molecule has 3 rings (SSSR count). The van der Waals surface area contributed by atoms with Crippen molar-refractivity contribution in [3.63, 3.8) is 0 Å². The fraction of sp³-hybridized carbons (Fsp3) is 0.739. The first-order valence-electron chi connectivity index (χ1n) is 10.7. The van der Waals surface area contributed by atoms with Crippen LogP contribution >= 0.6 is 0 Å². The molecule has 1 aliphatic heterocycles. The molecule has 158 valence electrons. The first-order chi connectivity index (χ1) is 13.1. The molecule has 1 aliphatic carbocycles. The molecule has 0 amide bonds. The average molecular weight is 406 g/mol. The molecule has 2 aliphatic rings. The first kappa shape index (κ1) is 21.8. The fourth-order valence-electron chi connectivity index (χ4n) is 5.78. The molecule has 4 nitrogen and oxygen atoms in total. The van der Waals surface area contributed by atoms with Crippen LogP contribution in [-0.4, -0.2) is 51.6 Å². The van der Waals surface area contributed by atoms with Crippen LogP contribution in [0.5, 0.6) is 0 Å². The van der Waals surface area contributed by atoms with E-state index in [2.05, 4.69) is 61.8 Å². The Morgan fingerprint density at radius 1 is 1.07 bits per heavy atom. The summed E-state index contributed by atoms with van der Waals surface area (Å²) in [5, 5.41) is -0.300. The minimum absolute atomic E-state index is 0.300. The Labute approximate surface area is 174 Å². The maximum absolute atomic E-state index is 11.1. The topological polar surface area (TPSA) is 46.6 Å². The van der Waals surface area contributed by atoms with Gasteiger partial charge in [-0.15, -0.1) is 0 Å². The Morgan fingerprint density at radius 3 is 2.21 bits per heavy atom. The second-order valence-corrected chi connectivity index (χ2v) is 11.9. The third-order valence-electron chi connectivity index (χ3n) is 6.49. The van der Waals surface area contributed by atoms with Crippen molar-refractivity contribution in [3.05, 3.63) is 29.8 Å². The second-order valence-electron chi connectivity index (χ2n) is 10.5.